The second-order valence-electron chi connectivity index (χ2n) is 6.95. The lowest BCUT2D eigenvalue weighted by atomic mass is 9.90. The summed E-state index contributed by atoms with van der Waals surface area (Å²) in [6, 6.07) is 0. The zero-order chi connectivity index (χ0) is 17.2. The number of guanidine groups is 1. The standard InChI is InChI=1S/C20H43N3/c1-4-6-8-10-12-15-19(16-13-11-9-7-5-2)17-14-18-23-20(21)22-3/h19H,4-18H2,1-3H3,(H3,21,22,23). The van der Waals surface area contributed by atoms with E-state index in [9.17, 15) is 0 Å². The van der Waals surface area contributed by atoms with Crippen molar-refractivity contribution in [1.82, 2.24) is 5.32 Å². The predicted molar refractivity (Wildman–Crippen MR) is 105 cm³/mol. The minimum Gasteiger partial charge on any atom is -0.370 e. The Bertz CT molecular complexity index is 250. The van der Waals surface area contributed by atoms with Gasteiger partial charge in [-0.05, 0) is 18.8 Å². The summed E-state index contributed by atoms with van der Waals surface area (Å²) in [5.74, 6) is 1.49. The monoisotopic (exact) mass is 325 g/mol. The van der Waals surface area contributed by atoms with E-state index in [0.29, 0.717) is 5.96 Å². The Hall–Kier alpha value is -0.730. The third-order valence-corrected chi connectivity index (χ3v) is 4.77. The van der Waals surface area contributed by atoms with Crippen LogP contribution in [-0.4, -0.2) is 19.6 Å². The lowest BCUT2D eigenvalue weighted by molar-refractivity contribution is 0.373. The predicted octanol–water partition coefficient (Wildman–Crippen LogP) is 5.64. The van der Waals surface area contributed by atoms with Crippen molar-refractivity contribution >= 4 is 5.96 Å². The van der Waals surface area contributed by atoms with Gasteiger partial charge in [-0.2, -0.15) is 0 Å². The third kappa shape index (κ3) is 15.9. The first-order chi connectivity index (χ1) is 11.2. The Labute approximate surface area is 145 Å². The van der Waals surface area contributed by atoms with E-state index < -0.39 is 0 Å². The number of hydrogen-bond donors (Lipinski definition) is 2. The zero-order valence-electron chi connectivity index (χ0n) is 16.2. The highest BCUT2D eigenvalue weighted by molar-refractivity contribution is 5.77. The van der Waals surface area contributed by atoms with Gasteiger partial charge in [0.15, 0.2) is 5.96 Å². The molecule has 0 radical (unpaired) electrons. The molecule has 0 fully saturated rings. The fourth-order valence-electron chi connectivity index (χ4n) is 3.19. The highest BCUT2D eigenvalue weighted by Crippen LogP contribution is 2.23. The lowest BCUT2D eigenvalue weighted by Gasteiger charge is -2.17. The van der Waals surface area contributed by atoms with Crippen molar-refractivity contribution in [2.75, 3.05) is 13.6 Å². The Morgan fingerprint density at radius 1 is 0.783 bits per heavy atom. The minimum absolute atomic E-state index is 0.570. The Kier molecular flexibility index (Phi) is 17.1. The average Bonchev–Trinajstić information content (AvgIpc) is 2.57. The van der Waals surface area contributed by atoms with Gasteiger partial charge in [0, 0.05) is 13.6 Å². The topological polar surface area (TPSA) is 50.4 Å². The van der Waals surface area contributed by atoms with E-state index in [1.165, 1.54) is 89.9 Å². The second-order valence-corrected chi connectivity index (χ2v) is 6.95. The molecule has 3 nitrogen and oxygen atoms in total. The van der Waals surface area contributed by atoms with Crippen LogP contribution in [-0.2, 0) is 0 Å². The van der Waals surface area contributed by atoms with Gasteiger partial charge in [0.1, 0.15) is 0 Å². The smallest absolute Gasteiger partial charge is 0.188 e. The number of aliphatic imine (C=N–C) groups is 1. The van der Waals surface area contributed by atoms with Crippen LogP contribution < -0.4 is 11.1 Å². The van der Waals surface area contributed by atoms with Crippen LogP contribution in [0.3, 0.4) is 0 Å². The minimum atomic E-state index is 0.570. The van der Waals surface area contributed by atoms with E-state index in [1.807, 2.05) is 0 Å². The molecule has 0 aliphatic carbocycles. The molecule has 3 heteroatoms. The quantitative estimate of drug-likeness (QED) is 0.219. The number of nitrogens with two attached hydrogens (primary N) is 1. The molecular weight excluding hydrogens is 282 g/mol. The molecule has 0 atom stereocenters. The number of nitrogens with one attached hydrogen (secondary N) is 1. The molecule has 0 aliphatic rings. The fourth-order valence-corrected chi connectivity index (χ4v) is 3.19. The van der Waals surface area contributed by atoms with Crippen molar-refractivity contribution in [3.63, 3.8) is 0 Å². The first-order valence-electron chi connectivity index (χ1n) is 10.2. The molecule has 0 saturated carbocycles. The maximum atomic E-state index is 5.68. The molecule has 0 heterocycles. The van der Waals surface area contributed by atoms with Crippen molar-refractivity contribution in [2.45, 2.75) is 104 Å². The van der Waals surface area contributed by atoms with Crippen molar-refractivity contribution in [3.05, 3.63) is 0 Å². The summed E-state index contributed by atoms with van der Waals surface area (Å²) in [6.07, 6.45) is 19.4. The van der Waals surface area contributed by atoms with Crippen LogP contribution in [0.25, 0.3) is 0 Å². The van der Waals surface area contributed by atoms with E-state index in [2.05, 4.69) is 24.2 Å². The van der Waals surface area contributed by atoms with Crippen molar-refractivity contribution in [3.8, 4) is 0 Å². The molecule has 0 aromatic carbocycles. The van der Waals surface area contributed by atoms with Gasteiger partial charge >= 0.3 is 0 Å². The Morgan fingerprint density at radius 3 is 1.74 bits per heavy atom. The molecule has 23 heavy (non-hydrogen) atoms. The molecule has 0 aromatic rings. The average molecular weight is 326 g/mol. The van der Waals surface area contributed by atoms with Gasteiger partial charge in [-0.3, -0.25) is 4.99 Å². The summed E-state index contributed by atoms with van der Waals surface area (Å²) in [6.45, 7) is 5.54. The summed E-state index contributed by atoms with van der Waals surface area (Å²) in [7, 11) is 1.73. The molecule has 0 aromatic heterocycles. The maximum Gasteiger partial charge on any atom is 0.188 e. The van der Waals surface area contributed by atoms with Crippen LogP contribution in [0, 0.1) is 5.92 Å². The SMILES string of the molecule is CCCCCCCC(CCCCCCC)CCCN/C(N)=N/C. The number of hydrogen-bond acceptors (Lipinski definition) is 1. The number of rotatable bonds is 16. The molecule has 3 N–H and O–H groups in total. The van der Waals surface area contributed by atoms with Gasteiger partial charge in [-0.1, -0.05) is 90.9 Å². The molecule has 0 amide bonds. The van der Waals surface area contributed by atoms with Crippen molar-refractivity contribution in [2.24, 2.45) is 16.6 Å². The summed E-state index contributed by atoms with van der Waals surface area (Å²) >= 11 is 0. The van der Waals surface area contributed by atoms with E-state index in [-0.39, 0.29) is 0 Å². The summed E-state index contributed by atoms with van der Waals surface area (Å²) in [5.41, 5.74) is 5.68. The number of unbranched alkanes of at least 4 members (excludes halogenated alkanes) is 8. The van der Waals surface area contributed by atoms with Crippen LogP contribution >= 0.6 is 0 Å². The summed E-state index contributed by atoms with van der Waals surface area (Å²) < 4.78 is 0. The summed E-state index contributed by atoms with van der Waals surface area (Å²) in [4.78, 5) is 3.94. The van der Waals surface area contributed by atoms with E-state index in [0.717, 1.165) is 12.5 Å². The van der Waals surface area contributed by atoms with E-state index in [1.54, 1.807) is 7.05 Å². The van der Waals surface area contributed by atoms with Crippen LogP contribution in [0.2, 0.25) is 0 Å². The molecule has 0 saturated heterocycles. The molecular formula is C20H43N3. The molecule has 0 bridgehead atoms. The van der Waals surface area contributed by atoms with Crippen LogP contribution in [0.1, 0.15) is 104 Å². The first kappa shape index (κ1) is 22.3. The lowest BCUT2D eigenvalue weighted by Crippen LogP contribution is -2.32. The van der Waals surface area contributed by atoms with E-state index >= 15 is 0 Å². The highest BCUT2D eigenvalue weighted by atomic mass is 15.1. The van der Waals surface area contributed by atoms with Gasteiger partial charge < -0.3 is 11.1 Å². The third-order valence-electron chi connectivity index (χ3n) is 4.77. The summed E-state index contributed by atoms with van der Waals surface area (Å²) in [5, 5.41) is 3.18. The van der Waals surface area contributed by atoms with Gasteiger partial charge in [-0.15, -0.1) is 0 Å². The van der Waals surface area contributed by atoms with Crippen LogP contribution in [0.5, 0.6) is 0 Å². The molecule has 0 rings (SSSR count). The molecule has 0 aliphatic heterocycles. The highest BCUT2D eigenvalue weighted by Gasteiger charge is 2.08. The maximum absolute atomic E-state index is 5.68. The number of nitrogens with zero attached hydrogens (tertiary/aromatic N) is 1. The van der Waals surface area contributed by atoms with Gasteiger partial charge in [0.2, 0.25) is 0 Å². The van der Waals surface area contributed by atoms with E-state index in [4.69, 9.17) is 5.73 Å². The normalized spacial score (nSPS) is 12.1. The van der Waals surface area contributed by atoms with Crippen LogP contribution in [0.15, 0.2) is 4.99 Å². The second kappa shape index (κ2) is 17.6. The van der Waals surface area contributed by atoms with Crippen molar-refractivity contribution < 1.29 is 0 Å². The van der Waals surface area contributed by atoms with Gasteiger partial charge in [-0.25, -0.2) is 0 Å². The van der Waals surface area contributed by atoms with Crippen molar-refractivity contribution in [1.29, 1.82) is 0 Å². The molecule has 0 unspecified atom stereocenters. The molecule has 0 spiro atoms. The fraction of sp³-hybridized carbons (Fsp3) is 0.950. The van der Waals surface area contributed by atoms with Gasteiger partial charge in [0.05, 0.1) is 0 Å². The Morgan fingerprint density at radius 2 is 1.26 bits per heavy atom. The largest absolute Gasteiger partial charge is 0.370 e. The zero-order valence-corrected chi connectivity index (χ0v) is 16.2. The van der Waals surface area contributed by atoms with Crippen LogP contribution in [0.4, 0.5) is 0 Å². The molecule has 138 valence electrons. The van der Waals surface area contributed by atoms with Gasteiger partial charge in [0.25, 0.3) is 0 Å². The first-order valence-corrected chi connectivity index (χ1v) is 10.2. The Balaban J connectivity index is 3.85.